The molecule has 0 aliphatic carbocycles. The Labute approximate surface area is 83.3 Å². The van der Waals surface area contributed by atoms with Gasteiger partial charge in [-0.2, -0.15) is 0 Å². The summed E-state index contributed by atoms with van der Waals surface area (Å²) in [5, 5.41) is 0. The first-order valence-corrected chi connectivity index (χ1v) is 4.52. The third kappa shape index (κ3) is 1.91. The summed E-state index contributed by atoms with van der Waals surface area (Å²) in [5.74, 6) is 0. The van der Waals surface area contributed by atoms with Gasteiger partial charge < -0.3 is 0 Å². The standard InChI is InChI=1S/C8H8F2IN/c1-4-3-5(2)12-7(6(4)11)8(9)10/h3,8H,1-2H3. The van der Waals surface area contributed by atoms with Crippen molar-refractivity contribution in [2.45, 2.75) is 20.3 Å². The quantitative estimate of drug-likeness (QED) is 0.721. The maximum absolute atomic E-state index is 12.3. The summed E-state index contributed by atoms with van der Waals surface area (Å²) >= 11 is 1.89. The van der Waals surface area contributed by atoms with Crippen molar-refractivity contribution in [3.63, 3.8) is 0 Å². The molecule has 0 unspecified atom stereocenters. The number of rotatable bonds is 1. The predicted molar refractivity (Wildman–Crippen MR) is 51.4 cm³/mol. The van der Waals surface area contributed by atoms with Crippen molar-refractivity contribution in [2.24, 2.45) is 0 Å². The number of aromatic nitrogens is 1. The number of aryl methyl sites for hydroxylation is 2. The molecule has 1 heterocycles. The van der Waals surface area contributed by atoms with Crippen LogP contribution >= 0.6 is 22.6 Å². The van der Waals surface area contributed by atoms with Crippen LogP contribution in [0.25, 0.3) is 0 Å². The molecular formula is C8H8F2IN. The summed E-state index contributed by atoms with van der Waals surface area (Å²) in [6, 6.07) is 1.80. The molecule has 0 N–H and O–H groups in total. The average molecular weight is 283 g/mol. The van der Waals surface area contributed by atoms with Crippen LogP contribution in [0.5, 0.6) is 0 Å². The number of hydrogen-bond donors (Lipinski definition) is 0. The van der Waals surface area contributed by atoms with Crippen molar-refractivity contribution in [1.29, 1.82) is 0 Å². The number of nitrogens with zero attached hydrogens (tertiary/aromatic N) is 1. The van der Waals surface area contributed by atoms with E-state index in [-0.39, 0.29) is 5.69 Å². The van der Waals surface area contributed by atoms with Crippen molar-refractivity contribution in [2.75, 3.05) is 0 Å². The van der Waals surface area contributed by atoms with E-state index in [9.17, 15) is 8.78 Å². The minimum absolute atomic E-state index is 0.104. The van der Waals surface area contributed by atoms with E-state index < -0.39 is 6.43 Å². The van der Waals surface area contributed by atoms with Crippen LogP contribution in [0.3, 0.4) is 0 Å². The van der Waals surface area contributed by atoms with Crippen LogP contribution in [0, 0.1) is 17.4 Å². The Bertz CT molecular complexity index is 299. The lowest BCUT2D eigenvalue weighted by Crippen LogP contribution is -1.99. The first-order valence-electron chi connectivity index (χ1n) is 3.44. The SMILES string of the molecule is Cc1cc(C)c(I)c(C(F)F)n1. The molecule has 66 valence electrons. The van der Waals surface area contributed by atoms with Gasteiger partial charge in [-0.25, -0.2) is 8.78 Å². The van der Waals surface area contributed by atoms with Gasteiger partial charge in [-0.3, -0.25) is 4.98 Å². The average Bonchev–Trinajstić information content (AvgIpc) is 1.96. The maximum atomic E-state index is 12.3. The number of pyridine rings is 1. The molecule has 0 aliphatic rings. The maximum Gasteiger partial charge on any atom is 0.281 e. The molecule has 0 radical (unpaired) electrons. The molecule has 4 heteroatoms. The summed E-state index contributed by atoms with van der Waals surface area (Å²) in [6.07, 6.45) is -2.48. The molecule has 0 spiro atoms. The molecule has 0 atom stereocenters. The van der Waals surface area contributed by atoms with Gasteiger partial charge in [-0.05, 0) is 48.1 Å². The monoisotopic (exact) mass is 283 g/mol. The Morgan fingerprint density at radius 3 is 2.50 bits per heavy atom. The van der Waals surface area contributed by atoms with Crippen molar-refractivity contribution < 1.29 is 8.78 Å². The van der Waals surface area contributed by atoms with Crippen LogP contribution in [0.1, 0.15) is 23.4 Å². The lowest BCUT2D eigenvalue weighted by atomic mass is 10.2. The fourth-order valence-electron chi connectivity index (χ4n) is 0.995. The van der Waals surface area contributed by atoms with Gasteiger partial charge in [0.1, 0.15) is 5.69 Å². The van der Waals surface area contributed by atoms with Gasteiger partial charge in [0.25, 0.3) is 6.43 Å². The summed E-state index contributed by atoms with van der Waals surface area (Å²) in [4.78, 5) is 3.78. The van der Waals surface area contributed by atoms with Gasteiger partial charge >= 0.3 is 0 Å². The fraction of sp³-hybridized carbons (Fsp3) is 0.375. The Balaban J connectivity index is 3.28. The molecule has 0 aromatic carbocycles. The van der Waals surface area contributed by atoms with Gasteiger partial charge in [-0.1, -0.05) is 0 Å². The Kier molecular flexibility index (Phi) is 2.98. The Morgan fingerprint density at radius 1 is 1.42 bits per heavy atom. The summed E-state index contributed by atoms with van der Waals surface area (Å²) in [5.41, 5.74) is 1.40. The van der Waals surface area contributed by atoms with Crippen molar-refractivity contribution >= 4 is 22.6 Å². The fourth-order valence-corrected chi connectivity index (χ4v) is 1.51. The largest absolute Gasteiger partial charge is 0.281 e. The number of alkyl halides is 2. The normalized spacial score (nSPS) is 10.8. The topological polar surface area (TPSA) is 12.9 Å². The van der Waals surface area contributed by atoms with Crippen LogP contribution in [-0.2, 0) is 0 Å². The lowest BCUT2D eigenvalue weighted by molar-refractivity contribution is 0.144. The van der Waals surface area contributed by atoms with Crippen LogP contribution in [0.4, 0.5) is 8.78 Å². The van der Waals surface area contributed by atoms with Crippen molar-refractivity contribution in [3.05, 3.63) is 26.6 Å². The Morgan fingerprint density at radius 2 is 2.00 bits per heavy atom. The zero-order valence-electron chi connectivity index (χ0n) is 6.74. The summed E-state index contributed by atoms with van der Waals surface area (Å²) in [7, 11) is 0. The van der Waals surface area contributed by atoms with Gasteiger partial charge in [0.15, 0.2) is 0 Å². The third-order valence-corrected chi connectivity index (χ3v) is 2.90. The van der Waals surface area contributed by atoms with E-state index in [0.717, 1.165) is 5.56 Å². The summed E-state index contributed by atoms with van der Waals surface area (Å²) < 4.78 is 25.2. The van der Waals surface area contributed by atoms with E-state index in [0.29, 0.717) is 9.26 Å². The van der Waals surface area contributed by atoms with Crippen molar-refractivity contribution in [3.8, 4) is 0 Å². The number of halogens is 3. The van der Waals surface area contributed by atoms with E-state index in [1.54, 1.807) is 13.0 Å². The van der Waals surface area contributed by atoms with Gasteiger partial charge in [0.05, 0.1) is 0 Å². The van der Waals surface area contributed by atoms with Crippen molar-refractivity contribution in [1.82, 2.24) is 4.98 Å². The summed E-state index contributed by atoms with van der Waals surface area (Å²) in [6.45, 7) is 3.53. The van der Waals surface area contributed by atoms with Gasteiger partial charge in [0.2, 0.25) is 0 Å². The zero-order valence-corrected chi connectivity index (χ0v) is 8.89. The molecule has 1 aromatic heterocycles. The van der Waals surface area contributed by atoms with E-state index in [1.807, 2.05) is 29.5 Å². The molecule has 0 aliphatic heterocycles. The molecular weight excluding hydrogens is 275 g/mol. The van der Waals surface area contributed by atoms with Crippen LogP contribution in [0.2, 0.25) is 0 Å². The van der Waals surface area contributed by atoms with Gasteiger partial charge in [0, 0.05) is 9.26 Å². The second-order valence-corrected chi connectivity index (χ2v) is 3.66. The molecule has 0 saturated carbocycles. The van der Waals surface area contributed by atoms with Gasteiger partial charge in [-0.15, -0.1) is 0 Å². The van der Waals surface area contributed by atoms with E-state index in [4.69, 9.17) is 0 Å². The molecule has 1 nitrogen and oxygen atoms in total. The third-order valence-electron chi connectivity index (χ3n) is 1.50. The molecule has 0 bridgehead atoms. The van der Waals surface area contributed by atoms with Crippen LogP contribution < -0.4 is 0 Å². The number of hydrogen-bond acceptors (Lipinski definition) is 1. The second-order valence-electron chi connectivity index (χ2n) is 2.58. The highest BCUT2D eigenvalue weighted by Crippen LogP contribution is 2.25. The molecule has 0 fully saturated rings. The molecule has 1 aromatic rings. The molecule has 12 heavy (non-hydrogen) atoms. The predicted octanol–water partition coefficient (Wildman–Crippen LogP) is 3.24. The van der Waals surface area contributed by atoms with E-state index >= 15 is 0 Å². The van der Waals surface area contributed by atoms with Crippen LogP contribution in [-0.4, -0.2) is 4.98 Å². The minimum atomic E-state index is -2.48. The van der Waals surface area contributed by atoms with Crippen LogP contribution in [0.15, 0.2) is 6.07 Å². The highest BCUT2D eigenvalue weighted by molar-refractivity contribution is 14.1. The molecule has 0 saturated heterocycles. The highest BCUT2D eigenvalue weighted by Gasteiger charge is 2.15. The Hall–Kier alpha value is -0.260. The highest BCUT2D eigenvalue weighted by atomic mass is 127. The first-order chi connectivity index (χ1) is 5.52. The second kappa shape index (κ2) is 3.64. The van der Waals surface area contributed by atoms with E-state index in [1.165, 1.54) is 0 Å². The smallest absolute Gasteiger partial charge is 0.251 e. The molecule has 1 rings (SSSR count). The minimum Gasteiger partial charge on any atom is -0.251 e. The lowest BCUT2D eigenvalue weighted by Gasteiger charge is -2.06. The first kappa shape index (κ1) is 9.83. The zero-order chi connectivity index (χ0) is 9.30. The molecule has 0 amide bonds. The van der Waals surface area contributed by atoms with E-state index in [2.05, 4.69) is 4.98 Å².